The number of benzene rings is 1. The Balaban J connectivity index is 1.55. The van der Waals surface area contributed by atoms with Crippen LogP contribution in [0.2, 0.25) is 0 Å². The van der Waals surface area contributed by atoms with E-state index in [1.165, 1.54) is 4.90 Å². The SMILES string of the molecule is CN(CC(=O)N1CCC(C(=O)O)CC1)C(=O)c1ccc(N2CCCC2=O)cc1. The Labute approximate surface area is 163 Å². The third kappa shape index (κ3) is 4.32. The number of aliphatic carboxylic acids is 1. The van der Waals surface area contributed by atoms with Gasteiger partial charge in [-0.15, -0.1) is 0 Å². The number of likely N-dealkylation sites (N-methyl/N-ethyl adjacent to an activating group) is 1. The molecule has 1 aromatic rings. The maximum atomic E-state index is 12.6. The fourth-order valence-corrected chi connectivity index (χ4v) is 3.68. The second-order valence-electron chi connectivity index (χ2n) is 7.35. The number of carboxylic acid groups (broad SMARTS) is 1. The van der Waals surface area contributed by atoms with Crippen LogP contribution >= 0.6 is 0 Å². The molecule has 2 aliphatic heterocycles. The molecule has 0 aromatic heterocycles. The molecular weight excluding hydrogens is 362 g/mol. The average molecular weight is 387 g/mol. The average Bonchev–Trinajstić information content (AvgIpc) is 3.13. The molecule has 8 nitrogen and oxygen atoms in total. The van der Waals surface area contributed by atoms with Crippen molar-refractivity contribution in [3.8, 4) is 0 Å². The Morgan fingerprint density at radius 2 is 1.75 bits per heavy atom. The van der Waals surface area contributed by atoms with Crippen LogP contribution < -0.4 is 4.90 Å². The van der Waals surface area contributed by atoms with Gasteiger partial charge in [0.05, 0.1) is 12.5 Å². The van der Waals surface area contributed by atoms with Crippen LogP contribution in [0.1, 0.15) is 36.0 Å². The van der Waals surface area contributed by atoms with Gasteiger partial charge in [-0.25, -0.2) is 0 Å². The lowest BCUT2D eigenvalue weighted by molar-refractivity contribution is -0.145. The van der Waals surface area contributed by atoms with Crippen molar-refractivity contribution in [2.24, 2.45) is 5.92 Å². The topological polar surface area (TPSA) is 98.2 Å². The Bertz CT molecular complexity index is 769. The zero-order valence-corrected chi connectivity index (χ0v) is 16.0. The predicted octanol–water partition coefficient (Wildman–Crippen LogP) is 1.21. The van der Waals surface area contributed by atoms with E-state index in [-0.39, 0.29) is 24.3 Å². The van der Waals surface area contributed by atoms with Gasteiger partial charge in [-0.2, -0.15) is 0 Å². The van der Waals surface area contributed by atoms with E-state index < -0.39 is 11.9 Å². The van der Waals surface area contributed by atoms with Crippen molar-refractivity contribution in [1.29, 1.82) is 0 Å². The van der Waals surface area contributed by atoms with Gasteiger partial charge in [0.25, 0.3) is 5.91 Å². The molecule has 1 aromatic carbocycles. The lowest BCUT2D eigenvalue weighted by atomic mass is 9.97. The summed E-state index contributed by atoms with van der Waals surface area (Å²) in [6.45, 7) is 1.44. The normalized spacial score (nSPS) is 17.7. The summed E-state index contributed by atoms with van der Waals surface area (Å²) in [5, 5.41) is 9.03. The first-order valence-corrected chi connectivity index (χ1v) is 9.53. The van der Waals surface area contributed by atoms with E-state index >= 15 is 0 Å². The second-order valence-corrected chi connectivity index (χ2v) is 7.35. The van der Waals surface area contributed by atoms with E-state index in [1.54, 1.807) is 41.1 Å². The molecule has 0 aliphatic carbocycles. The number of anilines is 1. The molecule has 0 spiro atoms. The van der Waals surface area contributed by atoms with Gasteiger partial charge < -0.3 is 19.8 Å². The van der Waals surface area contributed by atoms with Crippen LogP contribution in [0.3, 0.4) is 0 Å². The molecule has 8 heteroatoms. The molecule has 150 valence electrons. The van der Waals surface area contributed by atoms with Gasteiger partial charge in [-0.3, -0.25) is 19.2 Å². The molecule has 3 rings (SSSR count). The van der Waals surface area contributed by atoms with Crippen LogP contribution in [-0.2, 0) is 14.4 Å². The molecule has 3 amide bonds. The summed E-state index contributed by atoms with van der Waals surface area (Å²) in [6, 6.07) is 6.84. The number of carboxylic acids is 1. The first-order valence-electron chi connectivity index (χ1n) is 9.53. The number of rotatable bonds is 5. The van der Waals surface area contributed by atoms with E-state index in [4.69, 9.17) is 5.11 Å². The Morgan fingerprint density at radius 3 is 2.29 bits per heavy atom. The number of hydrogen-bond donors (Lipinski definition) is 1. The van der Waals surface area contributed by atoms with E-state index in [2.05, 4.69) is 0 Å². The van der Waals surface area contributed by atoms with Gasteiger partial charge in [0.2, 0.25) is 11.8 Å². The zero-order valence-electron chi connectivity index (χ0n) is 16.0. The van der Waals surface area contributed by atoms with Crippen molar-refractivity contribution in [2.75, 3.05) is 38.1 Å². The highest BCUT2D eigenvalue weighted by atomic mass is 16.4. The van der Waals surface area contributed by atoms with Crippen molar-refractivity contribution in [3.05, 3.63) is 29.8 Å². The molecule has 28 heavy (non-hydrogen) atoms. The van der Waals surface area contributed by atoms with E-state index in [1.807, 2.05) is 0 Å². The van der Waals surface area contributed by atoms with Gasteiger partial charge in [0.1, 0.15) is 0 Å². The molecule has 0 saturated carbocycles. The van der Waals surface area contributed by atoms with Gasteiger partial charge in [-0.05, 0) is 43.5 Å². The van der Waals surface area contributed by atoms with Gasteiger partial charge in [-0.1, -0.05) is 0 Å². The minimum Gasteiger partial charge on any atom is -0.481 e. The minimum atomic E-state index is -0.821. The third-order valence-corrected chi connectivity index (χ3v) is 5.42. The van der Waals surface area contributed by atoms with Crippen molar-refractivity contribution in [3.63, 3.8) is 0 Å². The van der Waals surface area contributed by atoms with Gasteiger partial charge in [0.15, 0.2) is 0 Å². The Kier molecular flexibility index (Phi) is 5.96. The highest BCUT2D eigenvalue weighted by Gasteiger charge is 2.28. The van der Waals surface area contributed by atoms with E-state index in [0.717, 1.165) is 12.1 Å². The van der Waals surface area contributed by atoms with Gasteiger partial charge in [0, 0.05) is 44.4 Å². The fourth-order valence-electron chi connectivity index (χ4n) is 3.68. The van der Waals surface area contributed by atoms with Crippen LogP contribution in [-0.4, -0.2) is 71.8 Å². The summed E-state index contributed by atoms with van der Waals surface area (Å²) >= 11 is 0. The van der Waals surface area contributed by atoms with E-state index in [0.29, 0.717) is 44.5 Å². The molecule has 0 atom stereocenters. The Morgan fingerprint density at radius 1 is 1.11 bits per heavy atom. The molecule has 0 unspecified atom stereocenters. The predicted molar refractivity (Wildman–Crippen MR) is 102 cm³/mol. The number of piperidine rings is 1. The molecule has 2 fully saturated rings. The summed E-state index contributed by atoms with van der Waals surface area (Å²) < 4.78 is 0. The molecule has 0 radical (unpaired) electrons. The first-order chi connectivity index (χ1) is 13.4. The number of likely N-dealkylation sites (tertiary alicyclic amines) is 1. The fraction of sp³-hybridized carbons (Fsp3) is 0.500. The third-order valence-electron chi connectivity index (χ3n) is 5.42. The minimum absolute atomic E-state index is 0.0526. The lowest BCUT2D eigenvalue weighted by Crippen LogP contribution is -2.45. The highest BCUT2D eigenvalue weighted by Crippen LogP contribution is 2.22. The maximum Gasteiger partial charge on any atom is 0.306 e. The van der Waals surface area contributed by atoms with Gasteiger partial charge >= 0.3 is 5.97 Å². The molecule has 2 aliphatic rings. The highest BCUT2D eigenvalue weighted by molar-refractivity contribution is 5.98. The lowest BCUT2D eigenvalue weighted by Gasteiger charge is -2.31. The molecule has 0 bridgehead atoms. The smallest absolute Gasteiger partial charge is 0.306 e. The zero-order chi connectivity index (χ0) is 20.3. The number of nitrogens with zero attached hydrogens (tertiary/aromatic N) is 3. The number of amides is 3. The van der Waals surface area contributed by atoms with E-state index in [9.17, 15) is 19.2 Å². The summed E-state index contributed by atoms with van der Waals surface area (Å²) in [5.74, 6) is -1.58. The maximum absolute atomic E-state index is 12.6. The molecular formula is C20H25N3O5. The van der Waals surface area contributed by atoms with Crippen LogP contribution in [0.5, 0.6) is 0 Å². The monoisotopic (exact) mass is 387 g/mol. The van der Waals surface area contributed by atoms with Crippen LogP contribution in [0.15, 0.2) is 24.3 Å². The number of carbonyl (C=O) groups is 4. The van der Waals surface area contributed by atoms with Crippen molar-refractivity contribution in [1.82, 2.24) is 9.80 Å². The summed E-state index contributed by atoms with van der Waals surface area (Å²) in [7, 11) is 1.57. The van der Waals surface area contributed by atoms with Crippen molar-refractivity contribution >= 4 is 29.4 Å². The summed E-state index contributed by atoms with van der Waals surface area (Å²) in [5.41, 5.74) is 1.23. The van der Waals surface area contributed by atoms with Crippen molar-refractivity contribution in [2.45, 2.75) is 25.7 Å². The molecule has 1 N–H and O–H groups in total. The summed E-state index contributed by atoms with van der Waals surface area (Å²) in [6.07, 6.45) is 2.27. The van der Waals surface area contributed by atoms with Crippen LogP contribution in [0.4, 0.5) is 5.69 Å². The first kappa shape index (κ1) is 19.9. The summed E-state index contributed by atoms with van der Waals surface area (Å²) in [4.78, 5) is 52.5. The molecule has 2 heterocycles. The standard InChI is InChI=1S/C20H25N3O5/c1-21(13-18(25)22-11-8-15(9-12-22)20(27)28)19(26)14-4-6-16(7-5-14)23-10-2-3-17(23)24/h4-7,15H,2-3,8-13H2,1H3,(H,27,28). The quantitative estimate of drug-likeness (QED) is 0.819. The largest absolute Gasteiger partial charge is 0.481 e. The van der Waals surface area contributed by atoms with Crippen molar-refractivity contribution < 1.29 is 24.3 Å². The van der Waals surface area contributed by atoms with Crippen LogP contribution in [0.25, 0.3) is 0 Å². The second kappa shape index (κ2) is 8.41. The Hall–Kier alpha value is -2.90. The molecule has 2 saturated heterocycles. The number of carbonyl (C=O) groups excluding carboxylic acids is 3. The number of hydrogen-bond acceptors (Lipinski definition) is 4. The van der Waals surface area contributed by atoms with Crippen LogP contribution in [0, 0.1) is 5.92 Å².